The summed E-state index contributed by atoms with van der Waals surface area (Å²) in [4.78, 5) is 31.8. The number of fused-ring (bicyclic) bond motifs is 1. The molecule has 1 aliphatic rings. The molecule has 0 N–H and O–H groups in total. The van der Waals surface area contributed by atoms with Crippen LogP contribution in [0.2, 0.25) is 0 Å². The highest BCUT2D eigenvalue weighted by atomic mass is 32.1. The van der Waals surface area contributed by atoms with Crippen LogP contribution in [0.3, 0.4) is 0 Å². The number of thiophene rings is 1. The van der Waals surface area contributed by atoms with Crippen molar-refractivity contribution in [2.75, 3.05) is 19.6 Å². The lowest BCUT2D eigenvalue weighted by atomic mass is 9.93. The molecule has 4 nitrogen and oxygen atoms in total. The molecular weight excluding hydrogens is 416 g/mol. The van der Waals surface area contributed by atoms with Crippen LogP contribution >= 0.6 is 11.3 Å². The topological polar surface area (TPSA) is 40.6 Å². The van der Waals surface area contributed by atoms with E-state index in [4.69, 9.17) is 0 Å². The third-order valence-corrected chi connectivity index (χ3v) is 7.11. The molecule has 0 bridgehead atoms. The van der Waals surface area contributed by atoms with Crippen LogP contribution in [0.1, 0.15) is 58.2 Å². The normalized spacial score (nSPS) is 15.3. The maximum absolute atomic E-state index is 13.6. The van der Waals surface area contributed by atoms with E-state index in [0.29, 0.717) is 18.7 Å². The summed E-state index contributed by atoms with van der Waals surface area (Å²) in [6.07, 6.45) is 2.61. The van der Waals surface area contributed by atoms with Gasteiger partial charge in [0.25, 0.3) is 5.91 Å². The Morgan fingerprint density at radius 2 is 1.78 bits per heavy atom. The van der Waals surface area contributed by atoms with Crippen LogP contribution in [0.4, 0.5) is 0 Å². The Hall–Kier alpha value is -2.92. The van der Waals surface area contributed by atoms with E-state index in [2.05, 4.69) is 30.5 Å². The van der Waals surface area contributed by atoms with Crippen molar-refractivity contribution in [3.63, 3.8) is 0 Å². The van der Waals surface area contributed by atoms with Gasteiger partial charge in [-0.25, -0.2) is 0 Å². The van der Waals surface area contributed by atoms with Gasteiger partial charge < -0.3 is 9.80 Å². The fraction of sp³-hybridized carbons (Fsp3) is 0.333. The van der Waals surface area contributed by atoms with Crippen LogP contribution in [0.5, 0.6) is 0 Å². The highest BCUT2D eigenvalue weighted by molar-refractivity contribution is 7.10. The van der Waals surface area contributed by atoms with Crippen molar-refractivity contribution < 1.29 is 9.59 Å². The predicted molar refractivity (Wildman–Crippen MR) is 130 cm³/mol. The van der Waals surface area contributed by atoms with Crippen LogP contribution in [-0.2, 0) is 17.6 Å². The lowest BCUT2D eigenvalue weighted by molar-refractivity contribution is -0.134. The van der Waals surface area contributed by atoms with E-state index in [1.807, 2.05) is 54.3 Å². The van der Waals surface area contributed by atoms with Crippen LogP contribution < -0.4 is 0 Å². The number of aryl methyl sites for hydroxylation is 1. The second kappa shape index (κ2) is 10.1. The zero-order valence-electron chi connectivity index (χ0n) is 18.8. The van der Waals surface area contributed by atoms with E-state index in [1.165, 1.54) is 16.0 Å². The first-order valence-corrected chi connectivity index (χ1v) is 12.3. The molecule has 1 unspecified atom stereocenters. The second-order valence-electron chi connectivity index (χ2n) is 8.23. The maximum Gasteiger partial charge on any atom is 0.254 e. The van der Waals surface area contributed by atoms with Crippen molar-refractivity contribution in [2.45, 2.75) is 39.2 Å². The molecule has 4 rings (SSSR count). The van der Waals surface area contributed by atoms with Crippen LogP contribution in [0.25, 0.3) is 0 Å². The first-order chi connectivity index (χ1) is 15.6. The maximum atomic E-state index is 13.6. The Balaban J connectivity index is 1.57. The van der Waals surface area contributed by atoms with Crippen molar-refractivity contribution in [3.05, 3.63) is 93.2 Å². The molecule has 0 radical (unpaired) electrons. The fourth-order valence-corrected chi connectivity index (χ4v) is 5.33. The first-order valence-electron chi connectivity index (χ1n) is 11.4. The summed E-state index contributed by atoms with van der Waals surface area (Å²) >= 11 is 1.76. The summed E-state index contributed by atoms with van der Waals surface area (Å²) in [6, 6.07) is 20.0. The quantitative estimate of drug-likeness (QED) is 0.492. The number of amides is 2. The molecule has 1 atom stereocenters. The summed E-state index contributed by atoms with van der Waals surface area (Å²) in [7, 11) is 0. The van der Waals surface area contributed by atoms with E-state index < -0.39 is 0 Å². The number of hydrogen-bond acceptors (Lipinski definition) is 3. The van der Waals surface area contributed by atoms with Gasteiger partial charge in [0.15, 0.2) is 0 Å². The van der Waals surface area contributed by atoms with Gasteiger partial charge in [0.1, 0.15) is 6.54 Å². The Kier molecular flexibility index (Phi) is 7.05. The monoisotopic (exact) mass is 446 g/mol. The average Bonchev–Trinajstić information content (AvgIpc) is 3.32. The summed E-state index contributed by atoms with van der Waals surface area (Å²) in [5.41, 5.74) is 4.17. The Morgan fingerprint density at radius 1 is 1.03 bits per heavy atom. The van der Waals surface area contributed by atoms with Crippen molar-refractivity contribution in [1.82, 2.24) is 9.80 Å². The smallest absolute Gasteiger partial charge is 0.254 e. The van der Waals surface area contributed by atoms with E-state index in [9.17, 15) is 9.59 Å². The predicted octanol–water partition coefficient (Wildman–Crippen LogP) is 5.34. The molecule has 3 aromatic rings. The Morgan fingerprint density at radius 3 is 2.47 bits per heavy atom. The van der Waals surface area contributed by atoms with Gasteiger partial charge in [0.05, 0.1) is 6.04 Å². The molecule has 5 heteroatoms. The molecule has 1 aliphatic heterocycles. The van der Waals surface area contributed by atoms with Crippen LogP contribution in [-0.4, -0.2) is 41.2 Å². The molecule has 166 valence electrons. The summed E-state index contributed by atoms with van der Waals surface area (Å²) in [6.45, 7) is 5.47. The molecule has 0 saturated carbocycles. The minimum Gasteiger partial charge on any atom is -0.330 e. The van der Waals surface area contributed by atoms with Gasteiger partial charge in [-0.1, -0.05) is 56.3 Å². The number of carbonyl (C=O) groups is 2. The lowest BCUT2D eigenvalue weighted by Gasteiger charge is -2.37. The Bertz CT molecular complexity index is 1060. The van der Waals surface area contributed by atoms with Crippen molar-refractivity contribution >= 4 is 23.2 Å². The Labute approximate surface area is 194 Å². The molecule has 0 aliphatic carbocycles. The van der Waals surface area contributed by atoms with E-state index in [-0.39, 0.29) is 24.4 Å². The number of carbonyl (C=O) groups excluding carboxylic acids is 2. The number of nitrogens with zero attached hydrogens (tertiary/aromatic N) is 2. The van der Waals surface area contributed by atoms with Gasteiger partial charge in [-0.3, -0.25) is 9.59 Å². The highest BCUT2D eigenvalue weighted by Crippen LogP contribution is 2.37. The SMILES string of the molecule is CCCN(CC(=O)N1CCc2sccc2C1c1ccccc1)C(=O)c1ccc(CC)cc1. The second-order valence-corrected chi connectivity index (χ2v) is 9.23. The summed E-state index contributed by atoms with van der Waals surface area (Å²) in [5.74, 6) is -0.0740. The lowest BCUT2D eigenvalue weighted by Crippen LogP contribution is -2.47. The largest absolute Gasteiger partial charge is 0.330 e. The minimum atomic E-state index is -0.0962. The van der Waals surface area contributed by atoms with Gasteiger partial charge in [0.2, 0.25) is 5.91 Å². The van der Waals surface area contributed by atoms with Gasteiger partial charge in [-0.2, -0.15) is 0 Å². The number of hydrogen-bond donors (Lipinski definition) is 0. The first kappa shape index (κ1) is 22.3. The third-order valence-electron chi connectivity index (χ3n) is 6.12. The van der Waals surface area contributed by atoms with Gasteiger partial charge >= 0.3 is 0 Å². The van der Waals surface area contributed by atoms with Gasteiger partial charge in [-0.05, 0) is 59.5 Å². The van der Waals surface area contributed by atoms with Gasteiger partial charge in [0, 0.05) is 23.5 Å². The van der Waals surface area contributed by atoms with E-state index in [0.717, 1.165) is 24.8 Å². The molecule has 2 aromatic carbocycles. The van der Waals surface area contributed by atoms with Crippen molar-refractivity contribution in [3.8, 4) is 0 Å². The molecule has 32 heavy (non-hydrogen) atoms. The number of rotatable bonds is 7. The summed E-state index contributed by atoms with van der Waals surface area (Å²) < 4.78 is 0. The zero-order valence-corrected chi connectivity index (χ0v) is 19.6. The fourth-order valence-electron chi connectivity index (χ4n) is 4.42. The minimum absolute atomic E-state index is 0.00248. The molecule has 1 aromatic heterocycles. The van der Waals surface area contributed by atoms with E-state index >= 15 is 0 Å². The molecule has 0 saturated heterocycles. The van der Waals surface area contributed by atoms with E-state index in [1.54, 1.807) is 16.2 Å². The molecule has 0 fully saturated rings. The molecule has 0 spiro atoms. The molecule has 2 amide bonds. The average molecular weight is 447 g/mol. The van der Waals surface area contributed by atoms with Gasteiger partial charge in [-0.15, -0.1) is 11.3 Å². The van der Waals surface area contributed by atoms with Crippen LogP contribution in [0.15, 0.2) is 66.0 Å². The third kappa shape index (κ3) is 4.63. The standard InChI is InChI=1S/C27H30N2O2S/c1-3-16-28(27(31)22-12-10-20(4-2)11-13-22)19-25(30)29-17-14-24-23(15-18-32-24)26(29)21-8-6-5-7-9-21/h5-13,15,18,26H,3-4,14,16-17,19H2,1-2H3. The molecule has 2 heterocycles. The number of benzene rings is 2. The zero-order chi connectivity index (χ0) is 22.5. The van der Waals surface area contributed by atoms with Crippen molar-refractivity contribution in [1.29, 1.82) is 0 Å². The van der Waals surface area contributed by atoms with Crippen molar-refractivity contribution in [2.24, 2.45) is 0 Å². The van der Waals surface area contributed by atoms with Crippen LogP contribution in [0, 0.1) is 0 Å². The highest BCUT2D eigenvalue weighted by Gasteiger charge is 2.33. The summed E-state index contributed by atoms with van der Waals surface area (Å²) in [5, 5.41) is 2.11. The molecular formula is C27H30N2O2S.